The molecule has 0 bridgehead atoms. The van der Waals surface area contributed by atoms with E-state index in [1.165, 1.54) is 5.01 Å². The van der Waals surface area contributed by atoms with Crippen LogP contribution in [0.5, 0.6) is 0 Å². The molecule has 1 fully saturated rings. The number of amides is 3. The van der Waals surface area contributed by atoms with Crippen molar-refractivity contribution in [2.24, 2.45) is 16.3 Å². The summed E-state index contributed by atoms with van der Waals surface area (Å²) in [7, 11) is 1.64. The first-order valence-electron chi connectivity index (χ1n) is 9.39. The summed E-state index contributed by atoms with van der Waals surface area (Å²) in [5.74, 6) is -0.789. The van der Waals surface area contributed by atoms with Gasteiger partial charge in [0.2, 0.25) is 11.8 Å². The van der Waals surface area contributed by atoms with Gasteiger partial charge in [0, 0.05) is 33.2 Å². The number of likely N-dealkylation sites (tertiary alicyclic amines) is 1. The number of piperidine rings is 1. The van der Waals surface area contributed by atoms with E-state index < -0.39 is 22.9 Å². The molecule has 0 aliphatic carbocycles. The van der Waals surface area contributed by atoms with E-state index >= 15 is 0 Å². The topological polar surface area (TPSA) is 117 Å². The number of nitrogens with one attached hydrogen (secondary N) is 1. The van der Waals surface area contributed by atoms with Crippen LogP contribution in [0.25, 0.3) is 0 Å². The molecular weight excluding hydrogens is 350 g/mol. The third-order valence-corrected chi connectivity index (χ3v) is 5.20. The fourth-order valence-corrected chi connectivity index (χ4v) is 3.48. The van der Waals surface area contributed by atoms with Crippen molar-refractivity contribution in [1.82, 2.24) is 15.2 Å². The van der Waals surface area contributed by atoms with Crippen LogP contribution in [0.2, 0.25) is 0 Å². The van der Waals surface area contributed by atoms with Crippen molar-refractivity contribution in [3.05, 3.63) is 0 Å². The lowest BCUT2D eigenvalue weighted by molar-refractivity contribution is -0.143. The normalized spacial score (nSPS) is 23.8. The lowest BCUT2D eigenvalue weighted by atomic mass is 9.75. The minimum absolute atomic E-state index is 0.0571. The first kappa shape index (κ1) is 21.3. The van der Waals surface area contributed by atoms with Crippen molar-refractivity contribution in [2.75, 3.05) is 33.4 Å². The number of ether oxygens (including phenoxy) is 1. The molecule has 0 saturated carbocycles. The SMILES string of the molecule is CCOCC(NC(=O)C(C)(C)N)C(=O)N1CCC2=NN(C)C(=O)C2(CC)C1. The Kier molecular flexibility index (Phi) is 6.26. The van der Waals surface area contributed by atoms with E-state index in [1.807, 2.05) is 13.8 Å². The summed E-state index contributed by atoms with van der Waals surface area (Å²) >= 11 is 0. The lowest BCUT2D eigenvalue weighted by Gasteiger charge is -2.40. The van der Waals surface area contributed by atoms with Crippen molar-refractivity contribution >= 4 is 23.4 Å². The predicted molar refractivity (Wildman–Crippen MR) is 101 cm³/mol. The highest BCUT2D eigenvalue weighted by molar-refractivity contribution is 6.13. The molecule has 9 nitrogen and oxygen atoms in total. The van der Waals surface area contributed by atoms with Crippen molar-refractivity contribution in [1.29, 1.82) is 0 Å². The number of hydrogen-bond acceptors (Lipinski definition) is 6. The van der Waals surface area contributed by atoms with Gasteiger partial charge in [0.1, 0.15) is 11.5 Å². The molecule has 2 aliphatic heterocycles. The third kappa shape index (κ3) is 4.14. The summed E-state index contributed by atoms with van der Waals surface area (Å²) in [4.78, 5) is 39.7. The summed E-state index contributed by atoms with van der Waals surface area (Å²) < 4.78 is 5.40. The van der Waals surface area contributed by atoms with E-state index in [-0.39, 0.29) is 25.0 Å². The van der Waals surface area contributed by atoms with Crippen LogP contribution in [0.1, 0.15) is 40.5 Å². The number of hydrazone groups is 1. The molecule has 2 atom stereocenters. The Morgan fingerprint density at radius 1 is 1.41 bits per heavy atom. The molecule has 152 valence electrons. The average Bonchev–Trinajstić information content (AvgIpc) is 2.87. The molecule has 2 unspecified atom stereocenters. The van der Waals surface area contributed by atoms with E-state index in [1.54, 1.807) is 25.8 Å². The fourth-order valence-electron chi connectivity index (χ4n) is 3.48. The summed E-state index contributed by atoms with van der Waals surface area (Å²) in [5.41, 5.74) is 4.79. The summed E-state index contributed by atoms with van der Waals surface area (Å²) in [6.07, 6.45) is 1.10. The zero-order valence-corrected chi connectivity index (χ0v) is 16.9. The minimum Gasteiger partial charge on any atom is -0.379 e. The van der Waals surface area contributed by atoms with Gasteiger partial charge < -0.3 is 20.7 Å². The maximum Gasteiger partial charge on any atom is 0.256 e. The molecule has 0 radical (unpaired) electrons. The molecule has 2 rings (SSSR count). The molecule has 2 aliphatic rings. The molecule has 27 heavy (non-hydrogen) atoms. The summed E-state index contributed by atoms with van der Waals surface area (Å²) in [6.45, 7) is 8.09. The molecule has 2 heterocycles. The molecule has 0 aromatic rings. The molecule has 0 aromatic heterocycles. The number of hydrogen-bond donors (Lipinski definition) is 2. The van der Waals surface area contributed by atoms with Gasteiger partial charge in [0.05, 0.1) is 17.9 Å². The zero-order valence-electron chi connectivity index (χ0n) is 16.9. The van der Waals surface area contributed by atoms with E-state index in [4.69, 9.17) is 10.5 Å². The van der Waals surface area contributed by atoms with Gasteiger partial charge in [-0.2, -0.15) is 5.10 Å². The molecule has 0 spiro atoms. The van der Waals surface area contributed by atoms with E-state index in [0.29, 0.717) is 26.0 Å². The predicted octanol–water partition coefficient (Wildman–Crippen LogP) is -0.298. The van der Waals surface area contributed by atoms with Crippen molar-refractivity contribution in [3.8, 4) is 0 Å². The standard InChI is InChI=1S/C18H31N5O4/c1-6-18-11-23(9-8-13(18)21-22(5)16(18)26)14(24)12(10-27-7-2)20-15(25)17(3,4)19/h12H,6-11,19H2,1-5H3,(H,20,25). The Labute approximate surface area is 160 Å². The molecule has 3 N–H and O–H groups in total. The Bertz CT molecular complexity index is 642. The second-order valence-corrected chi connectivity index (χ2v) is 7.73. The fraction of sp³-hybridized carbons (Fsp3) is 0.778. The van der Waals surface area contributed by atoms with Gasteiger partial charge in [0.15, 0.2) is 0 Å². The van der Waals surface area contributed by atoms with Gasteiger partial charge in [-0.15, -0.1) is 0 Å². The van der Waals surface area contributed by atoms with Crippen LogP contribution in [0.3, 0.4) is 0 Å². The molecular formula is C18H31N5O4. The van der Waals surface area contributed by atoms with Crippen molar-refractivity contribution < 1.29 is 19.1 Å². The number of rotatable bonds is 7. The Morgan fingerprint density at radius 3 is 2.63 bits per heavy atom. The minimum atomic E-state index is -1.11. The summed E-state index contributed by atoms with van der Waals surface area (Å²) in [6, 6.07) is -0.845. The first-order chi connectivity index (χ1) is 12.6. The monoisotopic (exact) mass is 381 g/mol. The van der Waals surface area contributed by atoms with Gasteiger partial charge in [-0.25, -0.2) is 5.01 Å². The van der Waals surface area contributed by atoms with Gasteiger partial charge >= 0.3 is 0 Å². The molecule has 0 aromatic carbocycles. The van der Waals surface area contributed by atoms with Crippen LogP contribution >= 0.6 is 0 Å². The Hall–Kier alpha value is -2.00. The summed E-state index contributed by atoms with van der Waals surface area (Å²) in [5, 5.41) is 8.41. The number of fused-ring (bicyclic) bond motifs is 1. The van der Waals surface area contributed by atoms with Gasteiger partial charge in [-0.3, -0.25) is 14.4 Å². The quantitative estimate of drug-likeness (QED) is 0.628. The Balaban J connectivity index is 2.19. The van der Waals surface area contributed by atoms with Crippen molar-refractivity contribution in [2.45, 2.75) is 52.1 Å². The van der Waals surface area contributed by atoms with Crippen LogP contribution in [0, 0.1) is 5.41 Å². The smallest absolute Gasteiger partial charge is 0.256 e. The van der Waals surface area contributed by atoms with E-state index in [9.17, 15) is 14.4 Å². The van der Waals surface area contributed by atoms with Gasteiger partial charge in [-0.1, -0.05) is 6.92 Å². The Morgan fingerprint density at radius 2 is 2.07 bits per heavy atom. The van der Waals surface area contributed by atoms with Gasteiger partial charge in [0.25, 0.3) is 5.91 Å². The van der Waals surface area contributed by atoms with E-state index in [2.05, 4.69) is 10.4 Å². The number of carbonyl (C=O) groups is 3. The molecule has 9 heteroatoms. The lowest BCUT2D eigenvalue weighted by Crippen LogP contribution is -2.61. The van der Waals surface area contributed by atoms with Crippen LogP contribution in [0.15, 0.2) is 5.10 Å². The number of nitrogens with zero attached hydrogens (tertiary/aromatic N) is 3. The number of carbonyl (C=O) groups excluding carboxylic acids is 3. The van der Waals surface area contributed by atoms with Crippen LogP contribution < -0.4 is 11.1 Å². The largest absolute Gasteiger partial charge is 0.379 e. The highest BCUT2D eigenvalue weighted by Crippen LogP contribution is 2.37. The van der Waals surface area contributed by atoms with Crippen LogP contribution in [0.4, 0.5) is 0 Å². The first-order valence-corrected chi connectivity index (χ1v) is 9.39. The molecule has 1 saturated heterocycles. The maximum absolute atomic E-state index is 13.1. The second kappa shape index (κ2) is 7.93. The third-order valence-electron chi connectivity index (χ3n) is 5.20. The zero-order chi connectivity index (χ0) is 20.4. The highest BCUT2D eigenvalue weighted by Gasteiger charge is 2.52. The highest BCUT2D eigenvalue weighted by atomic mass is 16.5. The van der Waals surface area contributed by atoms with Crippen molar-refractivity contribution in [3.63, 3.8) is 0 Å². The number of nitrogens with two attached hydrogens (primary N) is 1. The van der Waals surface area contributed by atoms with Gasteiger partial charge in [-0.05, 0) is 27.2 Å². The maximum atomic E-state index is 13.1. The molecule has 3 amide bonds. The average molecular weight is 381 g/mol. The van der Waals surface area contributed by atoms with E-state index in [0.717, 1.165) is 5.71 Å². The van der Waals surface area contributed by atoms with Crippen LogP contribution in [-0.2, 0) is 19.1 Å². The van der Waals surface area contributed by atoms with Crippen LogP contribution in [-0.4, -0.2) is 78.3 Å². The second-order valence-electron chi connectivity index (χ2n) is 7.73.